The zero-order chi connectivity index (χ0) is 42.5. The Morgan fingerprint density at radius 2 is 1.08 bits per heavy atom. The van der Waals surface area contributed by atoms with Crippen LogP contribution in [0, 0.1) is 11.6 Å². The number of rotatable bonds is 20. The minimum atomic E-state index is -4.87. The Kier molecular flexibility index (Phi) is 15.2. The molecule has 5 rings (SSSR count). The van der Waals surface area contributed by atoms with E-state index in [1.807, 2.05) is 45.9 Å². The summed E-state index contributed by atoms with van der Waals surface area (Å²) in [6.45, 7) is 10.5. The third-order valence-electron chi connectivity index (χ3n) is 8.92. The van der Waals surface area contributed by atoms with Crippen molar-refractivity contribution in [2.24, 2.45) is 20.5 Å². The van der Waals surface area contributed by atoms with Gasteiger partial charge in [0.05, 0.1) is 36.0 Å². The summed E-state index contributed by atoms with van der Waals surface area (Å²) in [7, 11) is -4.87. The van der Waals surface area contributed by atoms with Gasteiger partial charge in [0.15, 0.2) is 0 Å². The molecule has 312 valence electrons. The maximum absolute atomic E-state index is 14.2. The monoisotopic (exact) mass is 832 g/mol. The number of halogens is 2. The molecule has 1 aromatic heterocycles. The molecule has 5 aromatic rings. The van der Waals surface area contributed by atoms with Crippen LogP contribution >= 0.6 is 0 Å². The number of aliphatic hydroxyl groups excluding tert-OH is 2. The number of hydrogen-bond donors (Lipinski definition) is 5. The molecule has 0 spiro atoms. The summed E-state index contributed by atoms with van der Waals surface area (Å²) < 4.78 is 60.8. The lowest BCUT2D eigenvalue weighted by molar-refractivity contribution is 0.280. The Hall–Kier alpha value is -6.22. The quantitative estimate of drug-likeness (QED) is 0.0370. The van der Waals surface area contributed by atoms with Crippen LogP contribution < -0.4 is 25.3 Å². The van der Waals surface area contributed by atoms with Crippen LogP contribution in [-0.2, 0) is 10.1 Å². The molecule has 1 heterocycles. The highest BCUT2D eigenvalue weighted by Crippen LogP contribution is 2.36. The van der Waals surface area contributed by atoms with Crippen LogP contribution in [0.25, 0.3) is 0 Å². The van der Waals surface area contributed by atoms with Gasteiger partial charge in [0.1, 0.15) is 27.9 Å². The van der Waals surface area contributed by atoms with Crippen LogP contribution in [0.1, 0.15) is 27.7 Å². The van der Waals surface area contributed by atoms with E-state index in [1.165, 1.54) is 30.3 Å². The van der Waals surface area contributed by atoms with Gasteiger partial charge in [-0.25, -0.2) is 8.78 Å². The van der Waals surface area contributed by atoms with E-state index in [1.54, 1.807) is 23.1 Å². The fraction of sp³-hybridized carbons (Fsp3) is 0.308. The van der Waals surface area contributed by atoms with Crippen molar-refractivity contribution in [3.8, 4) is 0 Å². The van der Waals surface area contributed by atoms with E-state index in [2.05, 4.69) is 55.8 Å². The van der Waals surface area contributed by atoms with Gasteiger partial charge in [0.25, 0.3) is 10.1 Å². The topological polar surface area (TPSA) is 217 Å². The van der Waals surface area contributed by atoms with Crippen molar-refractivity contribution in [1.82, 2.24) is 15.0 Å². The highest BCUT2D eigenvalue weighted by molar-refractivity contribution is 7.85. The Labute approximate surface area is 341 Å². The summed E-state index contributed by atoms with van der Waals surface area (Å²) in [5.74, 6) is -1.36. The van der Waals surface area contributed by atoms with E-state index in [-0.39, 0.29) is 55.5 Å². The first-order chi connectivity index (χ1) is 28.4. The SMILES string of the molecule is CCN(CC)c1ccc(N=Nc2ccc(F)cc2)c(Nc2nc(Nc3cc(N(CC)CC)ccc3N=Nc3ccc(F)c(S(=O)(=O)O)c3)nc(N(CCO)CCO)n2)c1. The predicted molar refractivity (Wildman–Crippen MR) is 224 cm³/mol. The molecule has 0 fully saturated rings. The normalized spacial score (nSPS) is 11.7. The van der Waals surface area contributed by atoms with Crippen LogP contribution in [0.2, 0.25) is 0 Å². The number of azo groups is 2. The standard InChI is InChI=1S/C39H46F2N12O5S/c1-5-51(6-2)29-14-17-32(49-47-27-11-9-26(40)10-12-27)34(24-29)42-37-44-38(46-39(45-37)53(19-21-54)20-22-55)43-35-25-30(52(7-3)8-4)15-18-33(35)50-48-28-13-16-31(41)36(23-28)59(56,57)58/h9-18,23-25,54-55H,5-8,19-22H2,1-4H3,(H,56,57,58)(H2,42,43,44,45,46). The van der Waals surface area contributed by atoms with E-state index >= 15 is 0 Å². The molecule has 0 aliphatic carbocycles. The molecule has 0 atom stereocenters. The minimum Gasteiger partial charge on any atom is -0.395 e. The number of nitrogens with one attached hydrogen (secondary N) is 2. The van der Waals surface area contributed by atoms with E-state index < -0.39 is 26.6 Å². The molecule has 0 bridgehead atoms. The summed E-state index contributed by atoms with van der Waals surface area (Å²) >= 11 is 0. The van der Waals surface area contributed by atoms with E-state index in [9.17, 15) is 32.0 Å². The lowest BCUT2D eigenvalue weighted by Gasteiger charge is -2.24. The van der Waals surface area contributed by atoms with Gasteiger partial charge >= 0.3 is 0 Å². The zero-order valence-corrected chi connectivity index (χ0v) is 33.8. The third-order valence-corrected chi connectivity index (χ3v) is 9.79. The van der Waals surface area contributed by atoms with Crippen molar-refractivity contribution in [2.45, 2.75) is 32.6 Å². The molecule has 0 amide bonds. The Morgan fingerprint density at radius 1 is 0.610 bits per heavy atom. The summed E-state index contributed by atoms with van der Waals surface area (Å²) in [5, 5.41) is 43.4. The molecule has 5 N–H and O–H groups in total. The summed E-state index contributed by atoms with van der Waals surface area (Å²) in [6.07, 6.45) is 0. The van der Waals surface area contributed by atoms with Gasteiger partial charge in [-0.15, -0.1) is 10.2 Å². The number of aliphatic hydroxyl groups is 2. The van der Waals surface area contributed by atoms with Gasteiger partial charge in [-0.1, -0.05) is 0 Å². The smallest absolute Gasteiger partial charge is 0.297 e. The van der Waals surface area contributed by atoms with Gasteiger partial charge in [-0.2, -0.15) is 33.6 Å². The first-order valence-corrected chi connectivity index (χ1v) is 20.2. The molecule has 0 saturated carbocycles. The molecule has 17 nitrogen and oxygen atoms in total. The number of benzene rings is 4. The molecular weight excluding hydrogens is 787 g/mol. The molecule has 0 unspecified atom stereocenters. The predicted octanol–water partition coefficient (Wildman–Crippen LogP) is 8.20. The maximum atomic E-state index is 14.2. The molecule has 59 heavy (non-hydrogen) atoms. The Balaban J connectivity index is 1.62. The summed E-state index contributed by atoms with van der Waals surface area (Å²) in [4.78, 5) is 18.8. The fourth-order valence-electron chi connectivity index (χ4n) is 5.89. The van der Waals surface area contributed by atoms with Crippen molar-refractivity contribution in [2.75, 3.05) is 77.8 Å². The second-order valence-electron chi connectivity index (χ2n) is 12.7. The Bertz CT molecular complexity index is 2360. The van der Waals surface area contributed by atoms with Gasteiger partial charge in [0.2, 0.25) is 17.8 Å². The minimum absolute atomic E-state index is 0.0244. The van der Waals surface area contributed by atoms with Gasteiger partial charge < -0.3 is 35.5 Å². The number of anilines is 7. The van der Waals surface area contributed by atoms with E-state index in [0.717, 1.165) is 36.6 Å². The summed E-state index contributed by atoms with van der Waals surface area (Å²) in [6, 6.07) is 19.4. The third kappa shape index (κ3) is 11.7. The second kappa shape index (κ2) is 20.5. The van der Waals surface area contributed by atoms with Crippen molar-refractivity contribution in [3.63, 3.8) is 0 Å². The van der Waals surface area contributed by atoms with Gasteiger partial charge in [-0.05, 0) is 107 Å². The molecule has 0 aliphatic rings. The highest BCUT2D eigenvalue weighted by atomic mass is 32.2. The van der Waals surface area contributed by atoms with Gasteiger partial charge in [0, 0.05) is 50.6 Å². The lowest BCUT2D eigenvalue weighted by Crippen LogP contribution is -2.31. The number of nitrogens with zero attached hydrogens (tertiary/aromatic N) is 10. The highest BCUT2D eigenvalue weighted by Gasteiger charge is 2.19. The van der Waals surface area contributed by atoms with Gasteiger partial charge in [-0.3, -0.25) is 4.55 Å². The van der Waals surface area contributed by atoms with E-state index in [4.69, 9.17) is 0 Å². The van der Waals surface area contributed by atoms with Crippen LogP contribution in [0.3, 0.4) is 0 Å². The average Bonchev–Trinajstić information content (AvgIpc) is 3.21. The van der Waals surface area contributed by atoms with Crippen molar-refractivity contribution in [3.05, 3.63) is 90.5 Å². The Morgan fingerprint density at radius 3 is 1.54 bits per heavy atom. The van der Waals surface area contributed by atoms with Crippen molar-refractivity contribution < 1.29 is 32.0 Å². The molecule has 20 heteroatoms. The van der Waals surface area contributed by atoms with Crippen LogP contribution in [-0.4, -0.2) is 90.6 Å². The average molecular weight is 833 g/mol. The summed E-state index contributed by atoms with van der Waals surface area (Å²) in [5.41, 5.74) is 3.58. The molecule has 0 aliphatic heterocycles. The second-order valence-corrected chi connectivity index (χ2v) is 14.1. The van der Waals surface area contributed by atoms with Crippen molar-refractivity contribution >= 4 is 73.5 Å². The number of hydrogen-bond acceptors (Lipinski definition) is 16. The van der Waals surface area contributed by atoms with E-state index in [0.29, 0.717) is 35.8 Å². The largest absolute Gasteiger partial charge is 0.395 e. The first kappa shape index (κ1) is 43.9. The van der Waals surface area contributed by atoms with Crippen LogP contribution in [0.4, 0.5) is 72.1 Å². The molecule has 4 aromatic carbocycles. The zero-order valence-electron chi connectivity index (χ0n) is 33.0. The maximum Gasteiger partial charge on any atom is 0.297 e. The van der Waals surface area contributed by atoms with Crippen LogP contribution in [0.15, 0.2) is 104 Å². The first-order valence-electron chi connectivity index (χ1n) is 18.8. The lowest BCUT2D eigenvalue weighted by atomic mass is 10.2. The van der Waals surface area contributed by atoms with Crippen LogP contribution in [0.5, 0.6) is 0 Å². The fourth-order valence-corrected chi connectivity index (χ4v) is 6.47. The van der Waals surface area contributed by atoms with Crippen molar-refractivity contribution in [1.29, 1.82) is 0 Å². The molecule has 0 radical (unpaired) electrons. The number of aromatic nitrogens is 3. The molecular formula is C39H46F2N12O5S. The molecule has 0 saturated heterocycles.